The van der Waals surface area contributed by atoms with Crippen molar-refractivity contribution in [2.75, 3.05) is 27.3 Å². The van der Waals surface area contributed by atoms with Crippen molar-refractivity contribution in [3.05, 3.63) is 59.7 Å². The topological polar surface area (TPSA) is 159 Å². The second kappa shape index (κ2) is 16.9. The Labute approximate surface area is 226 Å². The summed E-state index contributed by atoms with van der Waals surface area (Å²) < 4.78 is 20.6. The smallest absolute Gasteiger partial charge is 0.367 e. The van der Waals surface area contributed by atoms with Crippen LogP contribution in [0.1, 0.15) is 17.5 Å². The van der Waals surface area contributed by atoms with Crippen molar-refractivity contribution < 1.29 is 68.7 Å². The molecule has 2 aromatic rings. The van der Waals surface area contributed by atoms with E-state index in [1.807, 2.05) is 0 Å². The number of allylic oxidation sites excluding steroid dienone is 2. The summed E-state index contributed by atoms with van der Waals surface area (Å²) >= 11 is 0. The number of ether oxygens (including phenoxy) is 4. The van der Waals surface area contributed by atoms with Gasteiger partial charge in [-0.1, -0.05) is 24.3 Å². The first-order valence-corrected chi connectivity index (χ1v) is 10.5. The lowest BCUT2D eigenvalue weighted by atomic mass is 10.1. The number of ketones is 2. The molecule has 0 spiro atoms. The van der Waals surface area contributed by atoms with E-state index in [4.69, 9.17) is 24.7 Å². The van der Waals surface area contributed by atoms with Crippen LogP contribution in [0.5, 0.6) is 23.0 Å². The third kappa shape index (κ3) is 10.8. The molecular formula is C25H27Cl2N2O8-. The molecule has 0 atom stereocenters. The van der Waals surface area contributed by atoms with Gasteiger partial charge < -0.3 is 55.2 Å². The fourth-order valence-corrected chi connectivity index (χ4v) is 2.75. The SMILES string of the molecule is COc1cc(/C=C/C(=O)CC(=O)/C=C/c2ccc(OC(=O)C[NH3+])c(OC)c2)ccc1OC(=O)CN.[Cl-].[Cl-]. The van der Waals surface area contributed by atoms with E-state index in [9.17, 15) is 19.2 Å². The normalized spacial score (nSPS) is 10.3. The van der Waals surface area contributed by atoms with E-state index >= 15 is 0 Å². The van der Waals surface area contributed by atoms with E-state index in [2.05, 4.69) is 5.73 Å². The fraction of sp³-hybridized carbons (Fsp3) is 0.200. The molecule has 0 amide bonds. The Balaban J connectivity index is 0.00000648. The number of nitrogens with two attached hydrogens (primary N) is 1. The summed E-state index contributed by atoms with van der Waals surface area (Å²) in [5.41, 5.74) is 9.92. The summed E-state index contributed by atoms with van der Waals surface area (Å²) in [6.45, 7) is -0.294. The number of benzene rings is 2. The van der Waals surface area contributed by atoms with Gasteiger partial charge in [0.15, 0.2) is 41.1 Å². The molecule has 0 bridgehead atoms. The lowest BCUT2D eigenvalue weighted by Gasteiger charge is -2.09. The summed E-state index contributed by atoms with van der Waals surface area (Å²) in [6, 6.07) is 9.50. The van der Waals surface area contributed by atoms with Crippen LogP contribution in [0.25, 0.3) is 12.2 Å². The minimum Gasteiger partial charge on any atom is -1.00 e. The molecule has 0 unspecified atom stereocenters. The van der Waals surface area contributed by atoms with Gasteiger partial charge in [0.1, 0.15) is 0 Å². The van der Waals surface area contributed by atoms with Crippen LogP contribution in [-0.2, 0) is 19.2 Å². The first-order chi connectivity index (χ1) is 16.8. The van der Waals surface area contributed by atoms with Crippen molar-refractivity contribution in [2.24, 2.45) is 5.73 Å². The second-order valence-electron chi connectivity index (χ2n) is 7.00. The van der Waals surface area contributed by atoms with Crippen molar-refractivity contribution in [3.63, 3.8) is 0 Å². The van der Waals surface area contributed by atoms with Gasteiger partial charge in [0.2, 0.25) is 0 Å². The molecule has 12 heteroatoms. The van der Waals surface area contributed by atoms with E-state index < -0.39 is 23.5 Å². The Morgan fingerprint density at radius 1 is 0.757 bits per heavy atom. The van der Waals surface area contributed by atoms with Gasteiger partial charge in [0, 0.05) is 0 Å². The summed E-state index contributed by atoms with van der Waals surface area (Å²) in [4.78, 5) is 47.2. The van der Waals surface area contributed by atoms with Gasteiger partial charge in [-0.2, -0.15) is 0 Å². The van der Waals surface area contributed by atoms with Crippen LogP contribution in [0, 0.1) is 0 Å². The maximum absolute atomic E-state index is 12.2. The quantitative estimate of drug-likeness (QED) is 0.113. The Morgan fingerprint density at radius 3 is 1.57 bits per heavy atom. The largest absolute Gasteiger partial charge is 1.00 e. The van der Waals surface area contributed by atoms with Crippen molar-refractivity contribution in [3.8, 4) is 23.0 Å². The van der Waals surface area contributed by atoms with Crippen LogP contribution in [-0.4, -0.2) is 50.8 Å². The average molecular weight is 554 g/mol. The number of hydrogen-bond acceptors (Lipinski definition) is 9. The zero-order chi connectivity index (χ0) is 25.8. The highest BCUT2D eigenvalue weighted by atomic mass is 35.5. The highest BCUT2D eigenvalue weighted by molar-refractivity contribution is 6.10. The first kappa shape index (κ1) is 33.3. The van der Waals surface area contributed by atoms with Crippen LogP contribution in [0.3, 0.4) is 0 Å². The highest BCUT2D eigenvalue weighted by Gasteiger charge is 2.11. The van der Waals surface area contributed by atoms with E-state index in [1.165, 1.54) is 44.6 Å². The van der Waals surface area contributed by atoms with Crippen molar-refractivity contribution in [2.45, 2.75) is 6.42 Å². The van der Waals surface area contributed by atoms with Crippen LogP contribution in [0.4, 0.5) is 0 Å². The van der Waals surface area contributed by atoms with Gasteiger partial charge in [-0.05, 0) is 47.5 Å². The van der Waals surface area contributed by atoms with Gasteiger partial charge in [-0.3, -0.25) is 14.4 Å². The maximum Gasteiger partial charge on any atom is 0.367 e. The van der Waals surface area contributed by atoms with Crippen molar-refractivity contribution in [1.29, 1.82) is 0 Å². The first-order valence-electron chi connectivity index (χ1n) is 10.5. The van der Waals surface area contributed by atoms with Gasteiger partial charge >= 0.3 is 11.9 Å². The third-order valence-corrected chi connectivity index (χ3v) is 4.47. The van der Waals surface area contributed by atoms with Gasteiger partial charge in [0.25, 0.3) is 0 Å². The van der Waals surface area contributed by atoms with Gasteiger partial charge in [-0.25, -0.2) is 4.79 Å². The van der Waals surface area contributed by atoms with Gasteiger partial charge in [-0.15, -0.1) is 0 Å². The van der Waals surface area contributed by atoms with E-state index in [1.54, 1.807) is 30.3 Å². The number of quaternary nitrogens is 1. The lowest BCUT2D eigenvalue weighted by molar-refractivity contribution is -0.358. The molecule has 0 aromatic heterocycles. The molecule has 0 aliphatic rings. The number of esters is 2. The van der Waals surface area contributed by atoms with Crippen LogP contribution < -0.4 is 55.2 Å². The molecule has 0 saturated carbocycles. The number of halogens is 2. The Kier molecular flexibility index (Phi) is 15.2. The maximum atomic E-state index is 12.2. The third-order valence-electron chi connectivity index (χ3n) is 4.47. The van der Waals surface area contributed by atoms with Crippen molar-refractivity contribution in [1.82, 2.24) is 0 Å². The van der Waals surface area contributed by atoms with E-state index in [-0.39, 0.29) is 55.8 Å². The molecule has 0 fully saturated rings. The number of rotatable bonds is 12. The molecule has 5 N–H and O–H groups in total. The summed E-state index contributed by atoms with van der Waals surface area (Å²) in [7, 11) is 2.84. The Morgan fingerprint density at radius 2 is 1.19 bits per heavy atom. The van der Waals surface area contributed by atoms with Gasteiger partial charge in [0.05, 0.1) is 27.2 Å². The molecule has 2 rings (SSSR count). The highest BCUT2D eigenvalue weighted by Crippen LogP contribution is 2.29. The second-order valence-corrected chi connectivity index (χ2v) is 7.00. The fourth-order valence-electron chi connectivity index (χ4n) is 2.75. The molecule has 2 aromatic carbocycles. The standard InChI is InChI=1S/C25H26N2O8.2ClH/c1-32-22-11-16(5-9-20(22)34-24(30)14-26)3-7-18(28)13-19(29)8-4-17-6-10-21(23(12-17)33-2)35-25(31)15-27;;/h3-12H,13-15,26-27H2,1-2H3;2*1H/p-1/b7-3+,8-4+;;. The summed E-state index contributed by atoms with van der Waals surface area (Å²) in [5.74, 6) is -0.845. The van der Waals surface area contributed by atoms with Crippen LogP contribution in [0.2, 0.25) is 0 Å². The summed E-state index contributed by atoms with van der Waals surface area (Å²) in [6.07, 6.45) is 5.29. The molecule has 0 radical (unpaired) electrons. The number of carbonyl (C=O) groups excluding carboxylic acids is 4. The predicted octanol–water partition coefficient (Wildman–Crippen LogP) is -5.02. The van der Waals surface area contributed by atoms with E-state index in [0.717, 1.165) is 0 Å². The number of hydrogen-bond donors (Lipinski definition) is 2. The average Bonchev–Trinajstić information content (AvgIpc) is 2.87. The minimum absolute atomic E-state index is 0. The Bertz CT molecular complexity index is 1080. The number of carbonyl (C=O) groups is 4. The number of methoxy groups -OCH3 is 2. The van der Waals surface area contributed by atoms with Crippen molar-refractivity contribution >= 4 is 35.7 Å². The lowest BCUT2D eigenvalue weighted by Crippen LogP contribution is -3.00. The molecule has 0 aliphatic carbocycles. The van der Waals surface area contributed by atoms with E-state index in [0.29, 0.717) is 22.6 Å². The summed E-state index contributed by atoms with van der Waals surface area (Å²) in [5, 5.41) is 0. The molecule has 37 heavy (non-hydrogen) atoms. The zero-order valence-electron chi connectivity index (χ0n) is 20.2. The van der Waals surface area contributed by atoms with Crippen LogP contribution in [0.15, 0.2) is 48.6 Å². The van der Waals surface area contributed by atoms with Crippen LogP contribution >= 0.6 is 0 Å². The molecule has 200 valence electrons. The predicted molar refractivity (Wildman–Crippen MR) is 127 cm³/mol. The molecule has 0 saturated heterocycles. The minimum atomic E-state index is -0.611. The molecular weight excluding hydrogens is 527 g/mol. The molecule has 0 aliphatic heterocycles. The monoisotopic (exact) mass is 553 g/mol. The zero-order valence-corrected chi connectivity index (χ0v) is 21.7. The molecule has 10 nitrogen and oxygen atoms in total. The Hall–Kier alpha value is -3.70. The molecule has 0 heterocycles.